The molecule has 9 heteroatoms. The summed E-state index contributed by atoms with van der Waals surface area (Å²) in [5.74, 6) is 1.44. The number of aromatic nitrogens is 2. The van der Waals surface area contributed by atoms with Gasteiger partial charge in [0.25, 0.3) is 0 Å². The zero-order valence-electron chi connectivity index (χ0n) is 15.2. The second-order valence-electron chi connectivity index (χ2n) is 5.91. The Morgan fingerprint density at radius 2 is 1.81 bits per heavy atom. The third kappa shape index (κ3) is 6.75. The van der Waals surface area contributed by atoms with E-state index < -0.39 is 0 Å². The van der Waals surface area contributed by atoms with E-state index in [0.29, 0.717) is 30.6 Å². The Balaban J connectivity index is 0.00000261. The van der Waals surface area contributed by atoms with E-state index in [1.165, 1.54) is 0 Å². The van der Waals surface area contributed by atoms with Crippen molar-refractivity contribution in [2.45, 2.75) is 32.3 Å². The van der Waals surface area contributed by atoms with Crippen molar-refractivity contribution in [2.24, 2.45) is 0 Å². The van der Waals surface area contributed by atoms with Crippen molar-refractivity contribution in [3.8, 4) is 11.5 Å². The van der Waals surface area contributed by atoms with Crippen LogP contribution in [-0.2, 0) is 16.1 Å². The van der Waals surface area contributed by atoms with E-state index in [9.17, 15) is 4.79 Å². The van der Waals surface area contributed by atoms with E-state index in [-0.39, 0.29) is 29.6 Å². The van der Waals surface area contributed by atoms with E-state index in [1.807, 2.05) is 0 Å². The van der Waals surface area contributed by atoms with Gasteiger partial charge in [0.15, 0.2) is 11.6 Å². The van der Waals surface area contributed by atoms with Crippen LogP contribution in [0, 0.1) is 0 Å². The number of benzene rings is 1. The number of nitrogens with zero attached hydrogens (tertiary/aromatic N) is 2. The quantitative estimate of drug-likeness (QED) is 0.609. The van der Waals surface area contributed by atoms with Crippen LogP contribution in [0.15, 0.2) is 24.3 Å². The largest absolute Gasteiger partial charge is 0.486 e. The Hall–Kier alpha value is -1.71. The van der Waals surface area contributed by atoms with Gasteiger partial charge in [-0.05, 0) is 57.1 Å². The van der Waals surface area contributed by atoms with Gasteiger partial charge >= 0.3 is 5.97 Å². The summed E-state index contributed by atoms with van der Waals surface area (Å²) < 4.78 is 15.9. The molecular formula is C18H24BrN3O4S. The molecule has 0 radical (unpaired) electrons. The Morgan fingerprint density at radius 3 is 2.48 bits per heavy atom. The fraction of sp³-hybridized carbons (Fsp3) is 0.500. The van der Waals surface area contributed by atoms with Crippen LogP contribution in [0.1, 0.15) is 35.7 Å². The smallest absolute Gasteiger partial charge is 0.344 e. The molecule has 148 valence electrons. The third-order valence-electron chi connectivity index (χ3n) is 4.02. The van der Waals surface area contributed by atoms with E-state index >= 15 is 0 Å². The van der Waals surface area contributed by atoms with Gasteiger partial charge < -0.3 is 19.5 Å². The van der Waals surface area contributed by atoms with Gasteiger partial charge in [0.1, 0.15) is 23.1 Å². The second kappa shape index (κ2) is 11.2. The number of carbonyl (C=O) groups is 1. The zero-order chi connectivity index (χ0) is 18.2. The first-order valence-electron chi connectivity index (χ1n) is 8.79. The van der Waals surface area contributed by atoms with Gasteiger partial charge in [-0.3, -0.25) is 0 Å². The number of rotatable bonds is 8. The predicted octanol–water partition coefficient (Wildman–Crippen LogP) is 3.10. The van der Waals surface area contributed by atoms with Crippen LogP contribution in [0.25, 0.3) is 0 Å². The summed E-state index contributed by atoms with van der Waals surface area (Å²) in [4.78, 5) is 11.3. The molecule has 1 N–H and O–H groups in total. The monoisotopic (exact) mass is 457 g/mol. The first-order valence-corrected chi connectivity index (χ1v) is 9.60. The van der Waals surface area contributed by atoms with Crippen molar-refractivity contribution in [3.63, 3.8) is 0 Å². The Morgan fingerprint density at radius 1 is 1.15 bits per heavy atom. The molecule has 0 saturated carbocycles. The topological polar surface area (TPSA) is 82.6 Å². The maximum absolute atomic E-state index is 11.3. The number of hydrogen-bond donors (Lipinski definition) is 1. The molecule has 0 bridgehead atoms. The highest BCUT2D eigenvalue weighted by atomic mass is 79.9. The minimum atomic E-state index is -0.381. The van der Waals surface area contributed by atoms with Crippen LogP contribution < -0.4 is 14.8 Å². The molecule has 1 aliphatic rings. The van der Waals surface area contributed by atoms with E-state index in [0.717, 1.165) is 35.9 Å². The summed E-state index contributed by atoms with van der Waals surface area (Å²) >= 11 is 1.63. The fourth-order valence-electron chi connectivity index (χ4n) is 2.68. The van der Waals surface area contributed by atoms with Crippen molar-refractivity contribution >= 4 is 34.3 Å². The van der Waals surface area contributed by atoms with Crippen molar-refractivity contribution in [2.75, 3.05) is 26.3 Å². The summed E-state index contributed by atoms with van der Waals surface area (Å²) in [5, 5.41) is 13.9. The summed E-state index contributed by atoms with van der Waals surface area (Å²) in [7, 11) is 0. The maximum Gasteiger partial charge on any atom is 0.344 e. The van der Waals surface area contributed by atoms with E-state index in [2.05, 4.69) is 15.5 Å². The number of esters is 1. The van der Waals surface area contributed by atoms with Crippen molar-refractivity contribution in [3.05, 3.63) is 34.3 Å². The number of carbonyl (C=O) groups excluding carboxylic acids is 1. The summed E-state index contributed by atoms with van der Waals surface area (Å²) in [6.07, 6.45) is 2.23. The molecule has 1 aromatic carbocycles. The molecule has 27 heavy (non-hydrogen) atoms. The van der Waals surface area contributed by atoms with Gasteiger partial charge in [-0.25, -0.2) is 4.79 Å². The van der Waals surface area contributed by atoms with Gasteiger partial charge in [0, 0.05) is 5.92 Å². The molecule has 0 atom stereocenters. The molecule has 3 rings (SSSR count). The molecule has 1 fully saturated rings. The van der Waals surface area contributed by atoms with Gasteiger partial charge in [0.05, 0.1) is 6.61 Å². The molecule has 1 saturated heterocycles. The molecule has 2 heterocycles. The lowest BCUT2D eigenvalue weighted by molar-refractivity contribution is -0.145. The normalized spacial score (nSPS) is 14.3. The molecule has 1 aromatic heterocycles. The van der Waals surface area contributed by atoms with E-state index in [4.69, 9.17) is 14.2 Å². The van der Waals surface area contributed by atoms with Gasteiger partial charge in [-0.1, -0.05) is 11.3 Å². The number of halogens is 1. The molecule has 1 aliphatic heterocycles. The minimum absolute atomic E-state index is 0. The van der Waals surface area contributed by atoms with Crippen LogP contribution in [-0.4, -0.2) is 42.5 Å². The molecule has 0 aliphatic carbocycles. The third-order valence-corrected chi connectivity index (χ3v) is 5.08. The predicted molar refractivity (Wildman–Crippen MR) is 108 cm³/mol. The Labute approximate surface area is 173 Å². The average Bonchev–Trinajstić information content (AvgIpc) is 3.16. The lowest BCUT2D eigenvalue weighted by Gasteiger charge is -2.19. The lowest BCUT2D eigenvalue weighted by atomic mass is 9.99. The lowest BCUT2D eigenvalue weighted by Crippen LogP contribution is -2.26. The van der Waals surface area contributed by atoms with Crippen LogP contribution in [0.3, 0.4) is 0 Å². The first kappa shape index (κ1) is 21.6. The minimum Gasteiger partial charge on any atom is -0.486 e. The Kier molecular flexibility index (Phi) is 8.96. The molecule has 2 aromatic rings. The summed E-state index contributed by atoms with van der Waals surface area (Å²) in [5.41, 5.74) is 0. The Bertz CT molecular complexity index is 705. The standard InChI is InChI=1S/C18H23N3O4S.BrH/c1-2-23-17(22)12-25-15-5-3-14(4-6-15)24-11-16-20-21-18(26-16)13-7-9-19-10-8-13;/h3-6,13,19H,2,7-12H2,1H3;1H. The van der Waals surface area contributed by atoms with Crippen molar-refractivity contribution < 1.29 is 19.0 Å². The van der Waals surface area contributed by atoms with Crippen molar-refractivity contribution in [1.29, 1.82) is 0 Å². The number of hydrogen-bond acceptors (Lipinski definition) is 8. The maximum atomic E-state index is 11.3. The summed E-state index contributed by atoms with van der Waals surface area (Å²) in [6, 6.07) is 7.12. The van der Waals surface area contributed by atoms with Gasteiger partial charge in [-0.15, -0.1) is 27.2 Å². The number of nitrogens with one attached hydrogen (secondary N) is 1. The summed E-state index contributed by atoms with van der Waals surface area (Å²) in [6.45, 7) is 4.49. The molecular weight excluding hydrogens is 434 g/mol. The van der Waals surface area contributed by atoms with Crippen LogP contribution in [0.4, 0.5) is 0 Å². The molecule has 0 amide bonds. The SMILES string of the molecule is Br.CCOC(=O)COc1ccc(OCc2nnc(C3CCNCC3)s2)cc1. The zero-order valence-corrected chi connectivity index (χ0v) is 17.7. The van der Waals surface area contributed by atoms with Gasteiger partial charge in [0.2, 0.25) is 0 Å². The van der Waals surface area contributed by atoms with Crippen molar-refractivity contribution in [1.82, 2.24) is 15.5 Å². The highest BCUT2D eigenvalue weighted by molar-refractivity contribution is 8.93. The number of ether oxygens (including phenoxy) is 3. The second-order valence-corrected chi connectivity index (χ2v) is 7.01. The average molecular weight is 458 g/mol. The molecule has 0 unspecified atom stereocenters. The van der Waals surface area contributed by atoms with E-state index in [1.54, 1.807) is 42.5 Å². The first-order chi connectivity index (χ1) is 12.7. The fourth-order valence-corrected chi connectivity index (χ4v) is 3.61. The van der Waals surface area contributed by atoms with Gasteiger partial charge in [-0.2, -0.15) is 0 Å². The molecule has 7 nitrogen and oxygen atoms in total. The highest BCUT2D eigenvalue weighted by Gasteiger charge is 2.19. The van der Waals surface area contributed by atoms with Crippen LogP contribution in [0.5, 0.6) is 11.5 Å². The highest BCUT2D eigenvalue weighted by Crippen LogP contribution is 2.28. The van der Waals surface area contributed by atoms with Crippen LogP contribution in [0.2, 0.25) is 0 Å². The van der Waals surface area contributed by atoms with Crippen LogP contribution >= 0.6 is 28.3 Å². The number of piperidine rings is 1. The molecule has 0 spiro atoms.